The van der Waals surface area contributed by atoms with E-state index in [-0.39, 0.29) is 18.2 Å². The predicted molar refractivity (Wildman–Crippen MR) is 78.0 cm³/mol. The molecule has 0 aromatic heterocycles. The van der Waals surface area contributed by atoms with E-state index in [4.69, 9.17) is 14.2 Å². The van der Waals surface area contributed by atoms with E-state index in [0.29, 0.717) is 17.1 Å². The van der Waals surface area contributed by atoms with Crippen molar-refractivity contribution in [1.29, 1.82) is 0 Å². The number of carbonyl (C=O) groups excluding carboxylic acids is 1. The highest BCUT2D eigenvalue weighted by atomic mass is 16.5. The summed E-state index contributed by atoms with van der Waals surface area (Å²) in [7, 11) is 4.80. The Balaban J connectivity index is 2.10. The summed E-state index contributed by atoms with van der Waals surface area (Å²) < 4.78 is 16.2. The van der Waals surface area contributed by atoms with E-state index in [2.05, 4.69) is 5.32 Å². The van der Waals surface area contributed by atoms with Crippen molar-refractivity contribution >= 4 is 11.6 Å². The summed E-state index contributed by atoms with van der Waals surface area (Å²) in [6, 6.07) is 3.59. The van der Waals surface area contributed by atoms with Crippen molar-refractivity contribution < 1.29 is 19.0 Å². The third kappa shape index (κ3) is 2.19. The fraction of sp³-hybridized carbons (Fsp3) is 0.533. The minimum absolute atomic E-state index is 0.0144. The summed E-state index contributed by atoms with van der Waals surface area (Å²) in [4.78, 5) is 14.7. The van der Waals surface area contributed by atoms with E-state index >= 15 is 0 Å². The molecule has 1 saturated heterocycles. The Kier molecular flexibility index (Phi) is 3.63. The lowest BCUT2D eigenvalue weighted by atomic mass is 10.1. The Morgan fingerprint density at radius 1 is 1.19 bits per heavy atom. The van der Waals surface area contributed by atoms with Crippen LogP contribution in [0.2, 0.25) is 0 Å². The second-order valence-electron chi connectivity index (χ2n) is 5.26. The molecule has 2 aliphatic rings. The van der Waals surface area contributed by atoms with Crippen LogP contribution in [0.3, 0.4) is 0 Å². The molecule has 1 aromatic rings. The van der Waals surface area contributed by atoms with Crippen LogP contribution < -0.4 is 14.8 Å². The molecule has 0 aliphatic carbocycles. The van der Waals surface area contributed by atoms with Gasteiger partial charge in [-0.2, -0.15) is 0 Å². The van der Waals surface area contributed by atoms with Crippen LogP contribution in [0.1, 0.15) is 23.2 Å². The molecule has 1 fully saturated rings. The fourth-order valence-electron chi connectivity index (χ4n) is 3.15. The number of nitrogens with zero attached hydrogens (tertiary/aromatic N) is 1. The summed E-state index contributed by atoms with van der Waals surface area (Å²) >= 11 is 0. The predicted octanol–water partition coefficient (Wildman–Crippen LogP) is 1.71. The van der Waals surface area contributed by atoms with Gasteiger partial charge in [0, 0.05) is 19.7 Å². The van der Waals surface area contributed by atoms with E-state index in [9.17, 15) is 4.79 Å². The first kappa shape index (κ1) is 14.0. The Labute approximate surface area is 124 Å². The number of hydrogen-bond donors (Lipinski definition) is 1. The van der Waals surface area contributed by atoms with Crippen LogP contribution in [-0.4, -0.2) is 51.0 Å². The van der Waals surface area contributed by atoms with Gasteiger partial charge < -0.3 is 24.4 Å². The topological polar surface area (TPSA) is 60.0 Å². The molecule has 2 atom stereocenters. The van der Waals surface area contributed by atoms with Gasteiger partial charge in [0.15, 0.2) is 11.5 Å². The SMILES string of the molecule is COc1cc2c(cc1OC)C(=O)N1CCCC1C(OC)N2. The lowest BCUT2D eigenvalue weighted by Gasteiger charge is -2.28. The number of rotatable bonds is 3. The lowest BCUT2D eigenvalue weighted by molar-refractivity contribution is 0.0420. The van der Waals surface area contributed by atoms with Crippen molar-refractivity contribution in [2.75, 3.05) is 33.2 Å². The number of amides is 1. The molecule has 3 rings (SSSR count). The van der Waals surface area contributed by atoms with Gasteiger partial charge in [0.05, 0.1) is 31.5 Å². The normalized spacial score (nSPS) is 24.0. The van der Waals surface area contributed by atoms with E-state index in [1.165, 1.54) is 0 Å². The van der Waals surface area contributed by atoms with Crippen molar-refractivity contribution in [3.05, 3.63) is 17.7 Å². The van der Waals surface area contributed by atoms with Gasteiger partial charge in [-0.25, -0.2) is 0 Å². The first-order valence-corrected chi connectivity index (χ1v) is 7.06. The Hall–Kier alpha value is -1.95. The molecule has 1 aromatic carbocycles. The van der Waals surface area contributed by atoms with Crippen molar-refractivity contribution in [2.24, 2.45) is 0 Å². The smallest absolute Gasteiger partial charge is 0.256 e. The van der Waals surface area contributed by atoms with E-state index in [1.807, 2.05) is 4.90 Å². The molecule has 21 heavy (non-hydrogen) atoms. The van der Waals surface area contributed by atoms with Crippen LogP contribution in [0.4, 0.5) is 5.69 Å². The molecule has 2 aliphatic heterocycles. The molecule has 6 heteroatoms. The maximum absolute atomic E-state index is 12.8. The Morgan fingerprint density at radius 3 is 2.57 bits per heavy atom. The summed E-state index contributed by atoms with van der Waals surface area (Å²) in [5.74, 6) is 1.16. The number of hydrogen-bond acceptors (Lipinski definition) is 5. The number of anilines is 1. The van der Waals surface area contributed by atoms with Gasteiger partial charge in [-0.3, -0.25) is 4.79 Å². The van der Waals surface area contributed by atoms with Crippen molar-refractivity contribution in [2.45, 2.75) is 25.1 Å². The summed E-state index contributed by atoms with van der Waals surface area (Å²) in [5, 5.41) is 3.32. The monoisotopic (exact) mass is 292 g/mol. The quantitative estimate of drug-likeness (QED) is 0.919. The van der Waals surface area contributed by atoms with Gasteiger partial charge in [-0.1, -0.05) is 0 Å². The standard InChI is InChI=1S/C15H20N2O4/c1-19-12-7-9-10(8-13(12)20-2)16-14(21-3)11-5-4-6-17(11)15(9)18/h7-8,11,14,16H,4-6H2,1-3H3. The van der Waals surface area contributed by atoms with Crippen LogP contribution in [0.5, 0.6) is 11.5 Å². The van der Waals surface area contributed by atoms with Crippen LogP contribution >= 0.6 is 0 Å². The van der Waals surface area contributed by atoms with Gasteiger partial charge in [-0.05, 0) is 18.9 Å². The first-order valence-electron chi connectivity index (χ1n) is 7.06. The molecule has 2 heterocycles. The molecule has 0 spiro atoms. The summed E-state index contributed by atoms with van der Waals surface area (Å²) in [5.41, 5.74) is 1.32. The Morgan fingerprint density at radius 2 is 1.90 bits per heavy atom. The molecule has 6 nitrogen and oxygen atoms in total. The minimum Gasteiger partial charge on any atom is -0.493 e. The molecular weight excluding hydrogens is 272 g/mol. The van der Waals surface area contributed by atoms with Crippen LogP contribution in [0.15, 0.2) is 12.1 Å². The van der Waals surface area contributed by atoms with Crippen LogP contribution in [-0.2, 0) is 4.74 Å². The second kappa shape index (κ2) is 5.44. The Bertz CT molecular complexity index is 561. The molecule has 1 N–H and O–H groups in total. The fourth-order valence-corrected chi connectivity index (χ4v) is 3.15. The number of nitrogens with one attached hydrogen (secondary N) is 1. The number of methoxy groups -OCH3 is 3. The van der Waals surface area contributed by atoms with E-state index in [1.54, 1.807) is 33.5 Å². The van der Waals surface area contributed by atoms with Gasteiger partial charge in [0.2, 0.25) is 0 Å². The van der Waals surface area contributed by atoms with Crippen LogP contribution in [0, 0.1) is 0 Å². The highest BCUT2D eigenvalue weighted by molar-refractivity contribution is 6.01. The third-order valence-corrected chi connectivity index (χ3v) is 4.22. The first-order chi connectivity index (χ1) is 10.2. The van der Waals surface area contributed by atoms with Gasteiger partial charge >= 0.3 is 0 Å². The molecule has 0 radical (unpaired) electrons. The minimum atomic E-state index is -0.212. The number of carbonyl (C=O) groups is 1. The maximum atomic E-state index is 12.8. The number of fused-ring (bicyclic) bond motifs is 2. The highest BCUT2D eigenvalue weighted by Crippen LogP contribution is 2.38. The molecule has 2 unspecified atom stereocenters. The maximum Gasteiger partial charge on any atom is 0.256 e. The zero-order valence-electron chi connectivity index (χ0n) is 12.5. The molecule has 114 valence electrons. The highest BCUT2D eigenvalue weighted by Gasteiger charge is 2.39. The molecule has 0 bridgehead atoms. The zero-order valence-corrected chi connectivity index (χ0v) is 12.5. The van der Waals surface area contributed by atoms with Crippen molar-refractivity contribution in [1.82, 2.24) is 4.90 Å². The second-order valence-corrected chi connectivity index (χ2v) is 5.26. The zero-order chi connectivity index (χ0) is 15.0. The van der Waals surface area contributed by atoms with E-state index in [0.717, 1.165) is 25.1 Å². The van der Waals surface area contributed by atoms with Gasteiger partial charge in [0.25, 0.3) is 5.91 Å². The van der Waals surface area contributed by atoms with Crippen molar-refractivity contribution in [3.8, 4) is 11.5 Å². The molecule has 0 saturated carbocycles. The lowest BCUT2D eigenvalue weighted by Crippen LogP contribution is -2.44. The third-order valence-electron chi connectivity index (χ3n) is 4.22. The average molecular weight is 292 g/mol. The largest absolute Gasteiger partial charge is 0.493 e. The number of benzene rings is 1. The summed E-state index contributed by atoms with van der Waals surface area (Å²) in [6.45, 7) is 0.763. The van der Waals surface area contributed by atoms with E-state index < -0.39 is 0 Å². The number of ether oxygens (including phenoxy) is 3. The van der Waals surface area contributed by atoms with Crippen molar-refractivity contribution in [3.63, 3.8) is 0 Å². The molecule has 1 amide bonds. The van der Waals surface area contributed by atoms with Crippen LogP contribution in [0.25, 0.3) is 0 Å². The molecular formula is C15H20N2O4. The van der Waals surface area contributed by atoms with Gasteiger partial charge in [0.1, 0.15) is 6.23 Å². The van der Waals surface area contributed by atoms with Gasteiger partial charge in [-0.15, -0.1) is 0 Å². The summed E-state index contributed by atoms with van der Waals surface area (Å²) in [6.07, 6.45) is 1.73. The average Bonchev–Trinajstić information content (AvgIpc) is 2.96.